The van der Waals surface area contributed by atoms with Gasteiger partial charge in [0.25, 0.3) is 0 Å². The molecule has 2 heterocycles. The summed E-state index contributed by atoms with van der Waals surface area (Å²) in [7, 11) is 0. The molecular weight excluding hydrogens is 742 g/mol. The lowest BCUT2D eigenvalue weighted by Gasteiger charge is -2.16. The van der Waals surface area contributed by atoms with Crippen LogP contribution in [0.25, 0.3) is 0 Å². The van der Waals surface area contributed by atoms with Crippen LogP contribution < -0.4 is 24.0 Å². The van der Waals surface area contributed by atoms with Gasteiger partial charge in [0, 0.05) is 12.1 Å². The molecule has 5 aromatic rings. The predicted octanol–water partition coefficient (Wildman–Crippen LogP) is 8.28. The fourth-order valence-corrected chi connectivity index (χ4v) is 5.95. The second-order valence-electron chi connectivity index (χ2n) is 13.1. The Bertz CT molecular complexity index is 2190. The maximum atomic E-state index is 14.8. The third-order valence-corrected chi connectivity index (χ3v) is 9.13. The number of aliphatic hydroxyl groups excluding tert-OH is 2. The molecular formula is C43H42F2N2O10. The Labute approximate surface area is 328 Å². The smallest absolute Gasteiger partial charge is 0.414 e. The lowest BCUT2D eigenvalue weighted by atomic mass is 10.1. The first-order valence-corrected chi connectivity index (χ1v) is 18.3. The maximum absolute atomic E-state index is 14.8. The monoisotopic (exact) mass is 784 g/mol. The first kappa shape index (κ1) is 40.3. The summed E-state index contributed by atoms with van der Waals surface area (Å²) < 4.78 is 56.4. The summed E-state index contributed by atoms with van der Waals surface area (Å²) in [4.78, 5) is 26.2. The number of ether oxygens (including phenoxy) is 5. The number of phenols is 1. The molecule has 2 atom stereocenters. The molecule has 5 aromatic carbocycles. The average molecular weight is 785 g/mol. The van der Waals surface area contributed by atoms with Crippen molar-refractivity contribution in [3.63, 3.8) is 0 Å². The Morgan fingerprint density at radius 1 is 0.614 bits per heavy atom. The minimum atomic E-state index is -0.684. The lowest BCUT2D eigenvalue weighted by molar-refractivity contribution is 0.0960. The molecule has 0 aliphatic carbocycles. The van der Waals surface area contributed by atoms with Crippen LogP contribution in [0.15, 0.2) is 103 Å². The van der Waals surface area contributed by atoms with E-state index in [1.54, 1.807) is 30.3 Å². The number of cyclic esters (lactones) is 2. The molecule has 2 saturated heterocycles. The normalized spacial score (nSPS) is 16.1. The molecule has 0 aromatic heterocycles. The largest absolute Gasteiger partial charge is 0.504 e. The molecule has 2 aliphatic rings. The number of carbonyl (C=O) groups excluding carboxylic acids is 2. The van der Waals surface area contributed by atoms with Crippen molar-refractivity contribution in [3.05, 3.63) is 131 Å². The van der Waals surface area contributed by atoms with E-state index in [-0.39, 0.29) is 49.3 Å². The van der Waals surface area contributed by atoms with Crippen LogP contribution in [0.5, 0.6) is 34.5 Å². The van der Waals surface area contributed by atoms with E-state index >= 15 is 0 Å². The molecule has 2 fully saturated rings. The molecule has 0 radical (unpaired) electrons. The number of benzene rings is 5. The van der Waals surface area contributed by atoms with Gasteiger partial charge in [-0.15, -0.1) is 0 Å². The van der Waals surface area contributed by atoms with Crippen molar-refractivity contribution in [2.24, 2.45) is 0 Å². The topological polar surface area (TPSA) is 147 Å². The SMILES string of the molecule is CCc1ccc(Oc2ccc(N3C[C@H](CO)OC3=O)cc2F)c(O)c1.CCc1ccc(Oc2ccc(N3C[C@H](CO)OC3=O)cc2F)c(OCc2ccccc2)c1. The van der Waals surface area contributed by atoms with Gasteiger partial charge in [0.1, 0.15) is 18.8 Å². The minimum absolute atomic E-state index is 0.00818. The van der Waals surface area contributed by atoms with Gasteiger partial charge in [0.15, 0.2) is 46.1 Å². The van der Waals surface area contributed by atoms with Crippen molar-refractivity contribution in [3.8, 4) is 34.5 Å². The van der Waals surface area contributed by atoms with Crippen LogP contribution >= 0.6 is 0 Å². The fraction of sp³-hybridized carbons (Fsp3) is 0.256. The van der Waals surface area contributed by atoms with Crippen LogP contribution in [0.4, 0.5) is 29.7 Å². The Balaban J connectivity index is 0.000000199. The number of amides is 2. The van der Waals surface area contributed by atoms with Crippen LogP contribution in [-0.4, -0.2) is 66.0 Å². The van der Waals surface area contributed by atoms with Gasteiger partial charge >= 0.3 is 12.2 Å². The van der Waals surface area contributed by atoms with Crippen molar-refractivity contribution in [1.29, 1.82) is 0 Å². The molecule has 57 heavy (non-hydrogen) atoms. The maximum Gasteiger partial charge on any atom is 0.414 e. The number of phenolic OH excluding ortho intramolecular Hbond substituents is 1. The zero-order valence-electron chi connectivity index (χ0n) is 31.3. The summed E-state index contributed by atoms with van der Waals surface area (Å²) >= 11 is 0. The quantitative estimate of drug-likeness (QED) is 0.107. The van der Waals surface area contributed by atoms with Crippen molar-refractivity contribution in [2.75, 3.05) is 36.1 Å². The van der Waals surface area contributed by atoms with E-state index in [0.29, 0.717) is 29.5 Å². The van der Waals surface area contributed by atoms with Gasteiger partial charge in [-0.2, -0.15) is 0 Å². The van der Waals surface area contributed by atoms with Gasteiger partial charge < -0.3 is 39.0 Å². The van der Waals surface area contributed by atoms with Crippen LogP contribution in [0.3, 0.4) is 0 Å². The molecule has 2 aliphatic heterocycles. The summed E-state index contributed by atoms with van der Waals surface area (Å²) in [6.45, 7) is 4.08. The Morgan fingerprint density at radius 3 is 1.58 bits per heavy atom. The third kappa shape index (κ3) is 9.90. The van der Waals surface area contributed by atoms with Crippen LogP contribution in [0.2, 0.25) is 0 Å². The Morgan fingerprint density at radius 2 is 1.11 bits per heavy atom. The van der Waals surface area contributed by atoms with E-state index in [1.165, 1.54) is 34.1 Å². The summed E-state index contributed by atoms with van der Waals surface area (Å²) in [5, 5.41) is 28.2. The first-order chi connectivity index (χ1) is 27.6. The lowest BCUT2D eigenvalue weighted by Crippen LogP contribution is -2.25. The average Bonchev–Trinajstić information content (AvgIpc) is 3.81. The highest BCUT2D eigenvalue weighted by molar-refractivity contribution is 5.90. The van der Waals surface area contributed by atoms with E-state index in [1.807, 2.05) is 56.3 Å². The van der Waals surface area contributed by atoms with Gasteiger partial charge in [-0.3, -0.25) is 9.80 Å². The molecule has 2 amide bonds. The third-order valence-electron chi connectivity index (χ3n) is 9.13. The Kier molecular flexibility index (Phi) is 13.1. The predicted molar refractivity (Wildman–Crippen MR) is 206 cm³/mol. The van der Waals surface area contributed by atoms with Gasteiger partial charge in [-0.1, -0.05) is 56.3 Å². The second kappa shape index (κ2) is 18.5. The van der Waals surface area contributed by atoms with Crippen molar-refractivity contribution in [2.45, 2.75) is 45.5 Å². The number of aryl methyl sites for hydroxylation is 2. The van der Waals surface area contributed by atoms with Crippen molar-refractivity contribution in [1.82, 2.24) is 0 Å². The molecule has 298 valence electrons. The molecule has 3 N–H and O–H groups in total. The number of aromatic hydroxyl groups is 1. The molecule has 0 bridgehead atoms. The zero-order chi connectivity index (χ0) is 40.5. The van der Waals surface area contributed by atoms with Crippen LogP contribution in [-0.2, 0) is 28.9 Å². The van der Waals surface area contributed by atoms with E-state index in [9.17, 15) is 28.6 Å². The number of nitrogens with zero attached hydrogens (tertiary/aromatic N) is 2. The molecule has 0 saturated carbocycles. The van der Waals surface area contributed by atoms with E-state index < -0.39 is 36.0 Å². The van der Waals surface area contributed by atoms with Crippen molar-refractivity contribution >= 4 is 23.6 Å². The number of hydrogen-bond acceptors (Lipinski definition) is 10. The van der Waals surface area contributed by atoms with Crippen molar-refractivity contribution < 1.29 is 57.4 Å². The molecule has 14 heteroatoms. The molecule has 12 nitrogen and oxygen atoms in total. The highest BCUT2D eigenvalue weighted by Gasteiger charge is 2.33. The first-order valence-electron chi connectivity index (χ1n) is 18.3. The number of anilines is 2. The molecule has 0 spiro atoms. The van der Waals surface area contributed by atoms with Gasteiger partial charge in [0.05, 0.1) is 37.7 Å². The summed E-state index contributed by atoms with van der Waals surface area (Å²) in [5.41, 5.74) is 3.65. The Hall–Kier alpha value is -6.38. The molecule has 7 rings (SSSR count). The van der Waals surface area contributed by atoms with Gasteiger partial charge in [0.2, 0.25) is 0 Å². The standard InChI is InChI=1S/C25H24FNO5.C18H18FNO5/c1-2-17-8-10-23(24(12-17)30-16-18-6-4-3-5-7-18)32-22-11-9-19(13-21(22)26)27-14-20(15-28)31-25(27)29;1-2-11-3-5-17(15(22)7-11)25-16-6-4-12(8-14(16)19)20-9-13(10-21)24-18(20)23/h3-13,20,28H,2,14-16H2,1H3;3-8,13,21-22H,2,9-10H2,1H3/t20-;13-/m11/s1. The van der Waals surface area contributed by atoms with Crippen LogP contribution in [0, 0.1) is 11.6 Å². The highest BCUT2D eigenvalue weighted by atomic mass is 19.1. The minimum Gasteiger partial charge on any atom is -0.504 e. The number of rotatable bonds is 13. The molecule has 0 unspecified atom stereocenters. The summed E-state index contributed by atoms with van der Waals surface area (Å²) in [6, 6.07) is 28.5. The van der Waals surface area contributed by atoms with E-state index in [4.69, 9.17) is 28.8 Å². The number of carbonyl (C=O) groups is 2. The highest BCUT2D eigenvalue weighted by Crippen LogP contribution is 2.37. The second-order valence-corrected chi connectivity index (χ2v) is 13.1. The van der Waals surface area contributed by atoms with Gasteiger partial charge in [-0.05, 0) is 78.1 Å². The number of halogens is 2. The summed E-state index contributed by atoms with van der Waals surface area (Å²) in [5.74, 6) is -0.394. The van der Waals surface area contributed by atoms with Crippen LogP contribution in [0.1, 0.15) is 30.5 Å². The summed E-state index contributed by atoms with van der Waals surface area (Å²) in [6.07, 6.45) is -0.920. The number of hydrogen-bond donors (Lipinski definition) is 3. The van der Waals surface area contributed by atoms with E-state index in [2.05, 4.69) is 0 Å². The van der Waals surface area contributed by atoms with E-state index in [0.717, 1.165) is 35.6 Å². The van der Waals surface area contributed by atoms with Gasteiger partial charge in [-0.25, -0.2) is 18.4 Å². The number of aliphatic hydroxyl groups is 2. The zero-order valence-corrected chi connectivity index (χ0v) is 31.3. The fourth-order valence-electron chi connectivity index (χ4n) is 5.95.